The molecule has 1 heterocycles. The van der Waals surface area contributed by atoms with E-state index in [9.17, 15) is 0 Å². The maximum absolute atomic E-state index is 2.75. The number of likely N-dealkylation sites (tertiary alicyclic amines) is 1. The lowest BCUT2D eigenvalue weighted by Gasteiger charge is -2.46. The van der Waals surface area contributed by atoms with Crippen LogP contribution in [0.25, 0.3) is 0 Å². The van der Waals surface area contributed by atoms with Crippen LogP contribution in [0.15, 0.2) is 0 Å². The van der Waals surface area contributed by atoms with Crippen LogP contribution in [-0.4, -0.2) is 23.0 Å². The average molecular weight is 239 g/mol. The van der Waals surface area contributed by atoms with Gasteiger partial charge in [-0.25, -0.2) is 0 Å². The molecule has 0 N–H and O–H groups in total. The van der Waals surface area contributed by atoms with Crippen molar-refractivity contribution >= 4 is 0 Å². The molecule has 0 bridgehead atoms. The topological polar surface area (TPSA) is 3.24 Å². The lowest BCUT2D eigenvalue weighted by molar-refractivity contribution is 0.0241. The average Bonchev–Trinajstić information content (AvgIpc) is 2.20. The molecule has 0 aliphatic carbocycles. The molecular weight excluding hydrogens is 206 g/mol. The van der Waals surface area contributed by atoms with Gasteiger partial charge in [0.05, 0.1) is 0 Å². The van der Waals surface area contributed by atoms with Gasteiger partial charge in [0.25, 0.3) is 0 Å². The summed E-state index contributed by atoms with van der Waals surface area (Å²) in [5.74, 6) is 0. The highest BCUT2D eigenvalue weighted by molar-refractivity contribution is 4.94. The Kier molecular flexibility index (Phi) is 4.04. The van der Waals surface area contributed by atoms with Crippen LogP contribution in [0, 0.1) is 10.8 Å². The van der Waals surface area contributed by atoms with Crippen molar-refractivity contribution in [3.05, 3.63) is 0 Å². The Labute approximate surface area is 109 Å². The number of nitrogens with zero attached hydrogens (tertiary/aromatic N) is 1. The van der Waals surface area contributed by atoms with E-state index in [1.165, 1.54) is 25.8 Å². The van der Waals surface area contributed by atoms with Gasteiger partial charge in [0.1, 0.15) is 0 Å². The van der Waals surface area contributed by atoms with Gasteiger partial charge in [0.2, 0.25) is 0 Å². The summed E-state index contributed by atoms with van der Waals surface area (Å²) in [5, 5.41) is 0. The van der Waals surface area contributed by atoms with Gasteiger partial charge in [-0.3, -0.25) is 4.90 Å². The van der Waals surface area contributed by atoms with Gasteiger partial charge in [0.15, 0.2) is 0 Å². The summed E-state index contributed by atoms with van der Waals surface area (Å²) in [6.45, 7) is 20.4. The van der Waals surface area contributed by atoms with E-state index in [1.54, 1.807) is 0 Å². The molecule has 1 aliphatic heterocycles. The Hall–Kier alpha value is -0.0400. The SMILES string of the molecule is CC1(C)CCC(C(C)(C)C)N(C(C)(C)C)CC1. The normalized spacial score (nSPS) is 27.9. The van der Waals surface area contributed by atoms with E-state index < -0.39 is 0 Å². The first kappa shape index (κ1) is 15.0. The fourth-order valence-electron chi connectivity index (χ4n) is 3.09. The highest BCUT2D eigenvalue weighted by atomic mass is 15.2. The highest BCUT2D eigenvalue weighted by Gasteiger charge is 2.39. The Balaban J connectivity index is 2.97. The molecule has 1 nitrogen and oxygen atoms in total. The lowest BCUT2D eigenvalue weighted by Crippen LogP contribution is -2.52. The Morgan fingerprint density at radius 1 is 0.941 bits per heavy atom. The van der Waals surface area contributed by atoms with E-state index in [4.69, 9.17) is 0 Å². The van der Waals surface area contributed by atoms with Crippen LogP contribution in [0.4, 0.5) is 0 Å². The molecule has 1 atom stereocenters. The first-order valence-corrected chi connectivity index (χ1v) is 7.20. The minimum atomic E-state index is 0.290. The Morgan fingerprint density at radius 3 is 1.88 bits per heavy atom. The molecule has 1 aliphatic rings. The molecule has 1 unspecified atom stereocenters. The van der Waals surface area contributed by atoms with E-state index in [1.807, 2.05) is 0 Å². The number of hydrogen-bond acceptors (Lipinski definition) is 1. The van der Waals surface area contributed by atoms with Gasteiger partial charge in [-0.1, -0.05) is 34.6 Å². The van der Waals surface area contributed by atoms with Crippen molar-refractivity contribution in [3.8, 4) is 0 Å². The molecule has 102 valence electrons. The van der Waals surface area contributed by atoms with Crippen LogP contribution in [0.2, 0.25) is 0 Å². The second kappa shape index (κ2) is 4.57. The maximum Gasteiger partial charge on any atom is 0.0149 e. The molecule has 0 amide bonds. The number of hydrogen-bond donors (Lipinski definition) is 0. The van der Waals surface area contributed by atoms with Crippen LogP contribution in [-0.2, 0) is 0 Å². The summed E-state index contributed by atoms with van der Waals surface area (Å²) >= 11 is 0. The van der Waals surface area contributed by atoms with E-state index in [0.29, 0.717) is 22.4 Å². The monoisotopic (exact) mass is 239 g/mol. The molecule has 0 spiro atoms. The fraction of sp³-hybridized carbons (Fsp3) is 1.00. The maximum atomic E-state index is 2.75. The standard InChI is InChI=1S/C16H33N/c1-14(2,3)13-9-10-16(7,8)11-12-17(13)15(4,5)6/h13H,9-12H2,1-8H3. The van der Waals surface area contributed by atoms with E-state index >= 15 is 0 Å². The van der Waals surface area contributed by atoms with Crippen molar-refractivity contribution in [2.24, 2.45) is 10.8 Å². The second-order valence-electron chi connectivity index (χ2n) is 8.70. The molecule has 0 aromatic rings. The quantitative estimate of drug-likeness (QED) is 0.591. The summed E-state index contributed by atoms with van der Waals surface area (Å²) in [5.41, 5.74) is 1.19. The molecule has 1 rings (SSSR count). The molecule has 0 aromatic carbocycles. The van der Waals surface area contributed by atoms with Crippen molar-refractivity contribution in [2.45, 2.75) is 86.2 Å². The largest absolute Gasteiger partial charge is 0.295 e. The first-order valence-electron chi connectivity index (χ1n) is 7.20. The smallest absolute Gasteiger partial charge is 0.0149 e. The third-order valence-corrected chi connectivity index (χ3v) is 4.36. The molecule has 0 radical (unpaired) electrons. The van der Waals surface area contributed by atoms with Crippen molar-refractivity contribution in [2.75, 3.05) is 6.54 Å². The van der Waals surface area contributed by atoms with E-state index in [2.05, 4.69) is 60.3 Å². The zero-order valence-corrected chi connectivity index (χ0v) is 13.4. The molecule has 17 heavy (non-hydrogen) atoms. The van der Waals surface area contributed by atoms with Gasteiger partial charge < -0.3 is 0 Å². The van der Waals surface area contributed by atoms with Gasteiger partial charge in [0, 0.05) is 11.6 Å². The third-order valence-electron chi connectivity index (χ3n) is 4.36. The van der Waals surface area contributed by atoms with Crippen LogP contribution in [0.1, 0.15) is 74.7 Å². The molecular formula is C16H33N. The predicted molar refractivity (Wildman–Crippen MR) is 77.3 cm³/mol. The minimum absolute atomic E-state index is 0.290. The molecule has 1 fully saturated rings. The van der Waals surface area contributed by atoms with Crippen molar-refractivity contribution in [1.82, 2.24) is 4.90 Å². The van der Waals surface area contributed by atoms with Gasteiger partial charge in [-0.05, 0) is 57.4 Å². The lowest BCUT2D eigenvalue weighted by atomic mass is 9.79. The van der Waals surface area contributed by atoms with E-state index in [-0.39, 0.29) is 0 Å². The summed E-state index contributed by atoms with van der Waals surface area (Å²) in [7, 11) is 0. The summed E-state index contributed by atoms with van der Waals surface area (Å²) in [6, 6.07) is 0.712. The minimum Gasteiger partial charge on any atom is -0.295 e. The van der Waals surface area contributed by atoms with Crippen molar-refractivity contribution in [1.29, 1.82) is 0 Å². The van der Waals surface area contributed by atoms with Crippen LogP contribution < -0.4 is 0 Å². The van der Waals surface area contributed by atoms with Crippen molar-refractivity contribution in [3.63, 3.8) is 0 Å². The zero-order valence-electron chi connectivity index (χ0n) is 13.4. The molecule has 1 saturated heterocycles. The van der Waals surface area contributed by atoms with Crippen LogP contribution in [0.5, 0.6) is 0 Å². The van der Waals surface area contributed by atoms with E-state index in [0.717, 1.165) is 0 Å². The summed E-state index contributed by atoms with van der Waals surface area (Å²) < 4.78 is 0. The fourth-order valence-corrected chi connectivity index (χ4v) is 3.09. The molecule has 0 saturated carbocycles. The Morgan fingerprint density at radius 2 is 1.47 bits per heavy atom. The molecule has 1 heteroatoms. The number of rotatable bonds is 0. The second-order valence-corrected chi connectivity index (χ2v) is 8.70. The van der Waals surface area contributed by atoms with Crippen molar-refractivity contribution < 1.29 is 0 Å². The van der Waals surface area contributed by atoms with Gasteiger partial charge >= 0.3 is 0 Å². The summed E-state index contributed by atoms with van der Waals surface area (Å²) in [6.07, 6.45) is 4.03. The van der Waals surface area contributed by atoms with Crippen LogP contribution >= 0.6 is 0 Å². The van der Waals surface area contributed by atoms with Gasteiger partial charge in [-0.2, -0.15) is 0 Å². The first-order chi connectivity index (χ1) is 7.43. The zero-order chi connectivity index (χ0) is 13.5. The summed E-state index contributed by atoms with van der Waals surface area (Å²) in [4.78, 5) is 2.75. The third kappa shape index (κ3) is 3.98. The predicted octanol–water partition coefficient (Wildman–Crippen LogP) is 4.71. The Bertz CT molecular complexity index is 226. The van der Waals surface area contributed by atoms with Gasteiger partial charge in [-0.15, -0.1) is 0 Å². The molecule has 0 aromatic heterocycles. The highest BCUT2D eigenvalue weighted by Crippen LogP contribution is 2.40. The van der Waals surface area contributed by atoms with Crippen LogP contribution in [0.3, 0.4) is 0 Å².